The Morgan fingerprint density at radius 1 is 0.962 bits per heavy atom. The average molecular weight is 363 g/mol. The van der Waals surface area contributed by atoms with Gasteiger partial charge in [0, 0.05) is 0 Å². The van der Waals surface area contributed by atoms with Crippen LogP contribution >= 0.6 is 0 Å². The van der Waals surface area contributed by atoms with E-state index in [0.29, 0.717) is 6.61 Å². The summed E-state index contributed by atoms with van der Waals surface area (Å²) in [4.78, 5) is 28.6. The molecule has 1 rings (SSSR count). The number of hydrogen-bond acceptors (Lipinski definition) is 5. The molecule has 1 atom stereocenters. The van der Waals surface area contributed by atoms with E-state index in [-0.39, 0.29) is 23.4 Å². The van der Waals surface area contributed by atoms with Gasteiger partial charge in [0.1, 0.15) is 17.5 Å². The summed E-state index contributed by atoms with van der Waals surface area (Å²) < 4.78 is 10.8. The summed E-state index contributed by atoms with van der Waals surface area (Å²) in [7, 11) is 0. The van der Waals surface area contributed by atoms with Gasteiger partial charge in [-0.05, 0) is 30.9 Å². The molecule has 0 aromatic carbocycles. The minimum atomic E-state index is -0.496. The molecule has 5 nitrogen and oxygen atoms in total. The zero-order chi connectivity index (χ0) is 19.4. The maximum Gasteiger partial charge on any atom is 0.357 e. The summed E-state index contributed by atoms with van der Waals surface area (Å²) in [6.45, 7) is 8.64. The first kappa shape index (κ1) is 22.1. The molecule has 0 bridgehead atoms. The van der Waals surface area contributed by atoms with Crippen molar-refractivity contribution in [3.8, 4) is 0 Å². The van der Waals surface area contributed by atoms with E-state index in [1.165, 1.54) is 12.8 Å². The van der Waals surface area contributed by atoms with Crippen LogP contribution in [0.5, 0.6) is 0 Å². The van der Waals surface area contributed by atoms with E-state index in [0.717, 1.165) is 32.1 Å². The number of ether oxygens (including phenoxy) is 2. The third kappa shape index (κ3) is 7.98. The van der Waals surface area contributed by atoms with E-state index in [1.54, 1.807) is 18.2 Å². The van der Waals surface area contributed by atoms with Gasteiger partial charge >= 0.3 is 11.9 Å². The number of nitrogens with zero attached hydrogens (tertiary/aromatic N) is 1. The van der Waals surface area contributed by atoms with Crippen molar-refractivity contribution in [3.63, 3.8) is 0 Å². The Balaban J connectivity index is 2.57. The second-order valence-electron chi connectivity index (χ2n) is 6.93. The minimum Gasteiger partial charge on any atom is -0.461 e. The number of aromatic nitrogens is 1. The van der Waals surface area contributed by atoms with Crippen molar-refractivity contribution in [1.29, 1.82) is 0 Å². The van der Waals surface area contributed by atoms with Gasteiger partial charge in [-0.15, -0.1) is 0 Å². The third-order valence-electron chi connectivity index (χ3n) is 4.22. The molecular weight excluding hydrogens is 330 g/mol. The summed E-state index contributed by atoms with van der Waals surface area (Å²) >= 11 is 0. The molecule has 5 heteroatoms. The number of unbranched alkanes of at least 4 members (excludes halogenated alkanes) is 4. The molecule has 1 heterocycles. The highest BCUT2D eigenvalue weighted by atomic mass is 16.5. The maximum atomic E-state index is 12.3. The first-order valence-electron chi connectivity index (χ1n) is 9.84. The standard InChI is InChI=1S/C21H33NO4/c1-5-7-8-9-10-15-25-20(23)17-13-11-14-18(22-17)21(24)26-19(12-6-2)16(3)4/h11,13-14,16,19H,5-10,12,15H2,1-4H3. The van der Waals surface area contributed by atoms with Gasteiger partial charge in [-0.2, -0.15) is 0 Å². The van der Waals surface area contributed by atoms with Crippen LogP contribution in [0.3, 0.4) is 0 Å². The lowest BCUT2D eigenvalue weighted by molar-refractivity contribution is 0.0150. The van der Waals surface area contributed by atoms with Crippen LogP contribution in [0.4, 0.5) is 0 Å². The van der Waals surface area contributed by atoms with Gasteiger partial charge in [0.2, 0.25) is 0 Å². The van der Waals surface area contributed by atoms with Crippen LogP contribution in [0.15, 0.2) is 18.2 Å². The number of esters is 2. The van der Waals surface area contributed by atoms with Crippen LogP contribution < -0.4 is 0 Å². The van der Waals surface area contributed by atoms with Crippen LogP contribution in [0.1, 0.15) is 93.6 Å². The topological polar surface area (TPSA) is 65.5 Å². The predicted octanol–water partition coefficient (Wildman–Crippen LogP) is 5.19. The van der Waals surface area contributed by atoms with Crippen LogP contribution in [0.25, 0.3) is 0 Å². The molecule has 0 N–H and O–H groups in total. The molecule has 0 saturated carbocycles. The second-order valence-corrected chi connectivity index (χ2v) is 6.93. The van der Waals surface area contributed by atoms with Crippen molar-refractivity contribution in [1.82, 2.24) is 4.98 Å². The molecular formula is C21H33NO4. The Kier molecular flexibility index (Phi) is 10.6. The Hall–Kier alpha value is -1.91. The lowest BCUT2D eigenvalue weighted by Crippen LogP contribution is -2.24. The smallest absolute Gasteiger partial charge is 0.357 e. The zero-order valence-corrected chi connectivity index (χ0v) is 16.6. The molecule has 1 unspecified atom stereocenters. The lowest BCUT2D eigenvalue weighted by Gasteiger charge is -2.20. The van der Waals surface area contributed by atoms with Crippen molar-refractivity contribution >= 4 is 11.9 Å². The number of carbonyl (C=O) groups is 2. The van der Waals surface area contributed by atoms with Crippen LogP contribution in [0, 0.1) is 5.92 Å². The highest BCUT2D eigenvalue weighted by Gasteiger charge is 2.20. The first-order chi connectivity index (χ1) is 12.5. The summed E-state index contributed by atoms with van der Waals surface area (Å²) in [5, 5.41) is 0. The Bertz CT molecular complexity index is 557. The summed E-state index contributed by atoms with van der Waals surface area (Å²) in [5.74, 6) is -0.754. The van der Waals surface area contributed by atoms with E-state index in [2.05, 4.69) is 18.8 Å². The average Bonchev–Trinajstić information content (AvgIpc) is 2.64. The van der Waals surface area contributed by atoms with Gasteiger partial charge in [0.05, 0.1) is 6.61 Å². The largest absolute Gasteiger partial charge is 0.461 e. The van der Waals surface area contributed by atoms with Crippen molar-refractivity contribution in [2.24, 2.45) is 5.92 Å². The minimum absolute atomic E-state index is 0.143. The third-order valence-corrected chi connectivity index (χ3v) is 4.22. The van der Waals surface area contributed by atoms with Gasteiger partial charge in [0.25, 0.3) is 0 Å². The molecule has 0 spiro atoms. The highest BCUT2D eigenvalue weighted by Crippen LogP contribution is 2.15. The lowest BCUT2D eigenvalue weighted by atomic mass is 10.0. The van der Waals surface area contributed by atoms with Crippen LogP contribution in [0.2, 0.25) is 0 Å². The normalized spacial score (nSPS) is 12.0. The molecule has 0 aliphatic heterocycles. The van der Waals surface area contributed by atoms with Crippen molar-refractivity contribution in [2.75, 3.05) is 6.61 Å². The summed E-state index contributed by atoms with van der Waals surface area (Å²) in [6, 6.07) is 4.75. The fourth-order valence-electron chi connectivity index (χ4n) is 2.62. The molecule has 0 radical (unpaired) electrons. The highest BCUT2D eigenvalue weighted by molar-refractivity contribution is 5.91. The molecule has 0 amide bonds. The Morgan fingerprint density at radius 2 is 1.62 bits per heavy atom. The quantitative estimate of drug-likeness (QED) is 0.378. The van der Waals surface area contributed by atoms with Gasteiger partial charge < -0.3 is 9.47 Å². The monoisotopic (exact) mass is 363 g/mol. The molecule has 0 fully saturated rings. The molecule has 1 aromatic heterocycles. The molecule has 0 saturated heterocycles. The first-order valence-corrected chi connectivity index (χ1v) is 9.84. The molecule has 1 aromatic rings. The van der Waals surface area contributed by atoms with Crippen molar-refractivity contribution < 1.29 is 19.1 Å². The zero-order valence-electron chi connectivity index (χ0n) is 16.6. The van der Waals surface area contributed by atoms with Gasteiger partial charge in [-0.25, -0.2) is 14.6 Å². The van der Waals surface area contributed by atoms with E-state index < -0.39 is 11.9 Å². The number of hydrogen-bond donors (Lipinski definition) is 0. The van der Waals surface area contributed by atoms with Crippen molar-refractivity contribution in [3.05, 3.63) is 29.6 Å². The fraction of sp³-hybridized carbons (Fsp3) is 0.667. The van der Waals surface area contributed by atoms with E-state index >= 15 is 0 Å². The number of carbonyl (C=O) groups excluding carboxylic acids is 2. The molecule has 26 heavy (non-hydrogen) atoms. The summed E-state index contributed by atoms with van der Waals surface area (Å²) in [6.07, 6.45) is 7.04. The van der Waals surface area contributed by atoms with Gasteiger partial charge in [0.15, 0.2) is 0 Å². The SMILES string of the molecule is CCCCCCCOC(=O)c1cccc(C(=O)OC(CCC)C(C)C)n1. The van der Waals surface area contributed by atoms with E-state index in [9.17, 15) is 9.59 Å². The summed E-state index contributed by atoms with van der Waals surface area (Å²) in [5.41, 5.74) is 0.286. The molecule has 0 aliphatic carbocycles. The van der Waals surface area contributed by atoms with Crippen molar-refractivity contribution in [2.45, 2.75) is 78.7 Å². The number of rotatable bonds is 12. The molecule has 146 valence electrons. The van der Waals surface area contributed by atoms with Crippen LogP contribution in [-0.2, 0) is 9.47 Å². The fourth-order valence-corrected chi connectivity index (χ4v) is 2.62. The van der Waals surface area contributed by atoms with Gasteiger partial charge in [-0.3, -0.25) is 0 Å². The Labute approximate surface area is 157 Å². The van der Waals surface area contributed by atoms with E-state index in [1.807, 2.05) is 13.8 Å². The predicted molar refractivity (Wildman–Crippen MR) is 102 cm³/mol. The Morgan fingerprint density at radius 3 is 2.23 bits per heavy atom. The maximum absolute atomic E-state index is 12.3. The number of pyridine rings is 1. The van der Waals surface area contributed by atoms with Gasteiger partial charge in [-0.1, -0.05) is 65.9 Å². The second kappa shape index (κ2) is 12.4. The van der Waals surface area contributed by atoms with Crippen LogP contribution in [-0.4, -0.2) is 29.6 Å². The van der Waals surface area contributed by atoms with E-state index in [4.69, 9.17) is 9.47 Å². The molecule has 0 aliphatic rings.